The molecule has 0 radical (unpaired) electrons. The lowest BCUT2D eigenvalue weighted by molar-refractivity contribution is -0.187. The van der Waals surface area contributed by atoms with Crippen molar-refractivity contribution in [3.8, 4) is 11.5 Å². The Labute approximate surface area is 175 Å². The van der Waals surface area contributed by atoms with Crippen molar-refractivity contribution in [3.63, 3.8) is 0 Å². The fourth-order valence-corrected chi connectivity index (χ4v) is 2.45. The molecule has 0 atom stereocenters. The van der Waals surface area contributed by atoms with Gasteiger partial charge in [-0.3, -0.25) is 0 Å². The Morgan fingerprint density at radius 2 is 1.13 bits per heavy atom. The van der Waals surface area contributed by atoms with Crippen LogP contribution in [-0.2, 0) is 15.2 Å². The van der Waals surface area contributed by atoms with Crippen LogP contribution in [0.5, 0.6) is 11.5 Å². The van der Waals surface area contributed by atoms with Crippen molar-refractivity contribution in [2.75, 3.05) is 0 Å². The number of aromatic hydroxyl groups is 2. The maximum atomic E-state index is 11.5. The largest absolute Gasteiger partial charge is 0.508 e. The molecule has 0 heterocycles. The Kier molecular flexibility index (Phi) is 7.58. The first-order chi connectivity index (χ1) is 14.2. The molecular weight excluding hydrogens is 384 g/mol. The van der Waals surface area contributed by atoms with Crippen LogP contribution in [0.4, 0.5) is 0 Å². The number of rotatable bonds is 2. The van der Waals surface area contributed by atoms with Gasteiger partial charge in [0, 0.05) is 5.56 Å². The summed E-state index contributed by atoms with van der Waals surface area (Å²) < 4.78 is 0. The molecular formula is C24H24O6. The van der Waals surface area contributed by atoms with Crippen molar-refractivity contribution in [2.24, 2.45) is 0 Å². The van der Waals surface area contributed by atoms with Gasteiger partial charge in [0.05, 0.1) is 11.1 Å². The normalized spacial score (nSPS) is 10.4. The highest BCUT2D eigenvalue weighted by Gasteiger charge is 2.18. The predicted molar refractivity (Wildman–Crippen MR) is 112 cm³/mol. The quantitative estimate of drug-likeness (QED) is 0.352. The van der Waals surface area contributed by atoms with Crippen LogP contribution in [0.3, 0.4) is 0 Å². The molecule has 0 fully saturated rings. The second-order valence-corrected chi connectivity index (χ2v) is 7.43. The van der Waals surface area contributed by atoms with Crippen LogP contribution in [0.25, 0.3) is 0 Å². The molecule has 0 aliphatic heterocycles. The molecule has 3 aromatic rings. The van der Waals surface area contributed by atoms with E-state index in [1.54, 1.807) is 66.7 Å². The summed E-state index contributed by atoms with van der Waals surface area (Å²) >= 11 is 0. The molecule has 3 rings (SSSR count). The maximum Gasteiger partial charge on any atom is 0.386 e. The van der Waals surface area contributed by atoms with Gasteiger partial charge in [-0.05, 0) is 47.9 Å². The Morgan fingerprint density at radius 1 is 0.700 bits per heavy atom. The van der Waals surface area contributed by atoms with Crippen LogP contribution in [-0.4, -0.2) is 22.2 Å². The minimum absolute atomic E-state index is 0.136. The van der Waals surface area contributed by atoms with Gasteiger partial charge in [-0.25, -0.2) is 19.4 Å². The zero-order valence-corrected chi connectivity index (χ0v) is 17.0. The molecule has 0 amide bonds. The average molecular weight is 408 g/mol. The number of hydrogen-bond donors (Lipinski definition) is 2. The highest BCUT2D eigenvalue weighted by Crippen LogP contribution is 2.32. The van der Waals surface area contributed by atoms with Gasteiger partial charge in [0.15, 0.2) is 0 Å². The number of carbonyl (C=O) groups excluding carboxylic acids is 2. The minimum atomic E-state index is -0.708. The molecule has 2 N–H and O–H groups in total. The van der Waals surface area contributed by atoms with Crippen LogP contribution in [0.15, 0.2) is 78.9 Å². The molecule has 0 bridgehead atoms. The van der Waals surface area contributed by atoms with Crippen molar-refractivity contribution in [1.82, 2.24) is 0 Å². The Morgan fingerprint density at radius 3 is 1.50 bits per heavy atom. The van der Waals surface area contributed by atoms with Crippen molar-refractivity contribution < 1.29 is 29.6 Å². The average Bonchev–Trinajstić information content (AvgIpc) is 2.74. The molecule has 0 spiro atoms. The summed E-state index contributed by atoms with van der Waals surface area (Å²) in [7, 11) is 0. The first-order valence-electron chi connectivity index (χ1n) is 9.24. The number of hydrogen-bond acceptors (Lipinski definition) is 6. The van der Waals surface area contributed by atoms with Gasteiger partial charge in [0.1, 0.15) is 11.5 Å². The van der Waals surface area contributed by atoms with Gasteiger partial charge in [-0.15, -0.1) is 0 Å². The van der Waals surface area contributed by atoms with E-state index in [-0.39, 0.29) is 16.9 Å². The van der Waals surface area contributed by atoms with Crippen LogP contribution in [0.2, 0.25) is 0 Å². The number of benzene rings is 3. The molecule has 0 saturated heterocycles. The lowest BCUT2D eigenvalue weighted by Gasteiger charge is -2.20. The second kappa shape index (κ2) is 10.1. The van der Waals surface area contributed by atoms with Crippen LogP contribution in [0.1, 0.15) is 47.1 Å². The molecule has 6 heteroatoms. The monoisotopic (exact) mass is 408 g/mol. The van der Waals surface area contributed by atoms with Crippen LogP contribution < -0.4 is 0 Å². The summed E-state index contributed by atoms with van der Waals surface area (Å²) in [5.41, 5.74) is 1.27. The van der Waals surface area contributed by atoms with E-state index in [0.29, 0.717) is 11.1 Å². The van der Waals surface area contributed by atoms with E-state index < -0.39 is 11.9 Å². The highest BCUT2D eigenvalue weighted by molar-refractivity contribution is 5.92. The predicted octanol–water partition coefficient (Wildman–Crippen LogP) is 5.01. The minimum Gasteiger partial charge on any atom is -0.508 e. The van der Waals surface area contributed by atoms with Gasteiger partial charge < -0.3 is 10.2 Å². The van der Waals surface area contributed by atoms with E-state index in [1.165, 1.54) is 12.1 Å². The Hall–Kier alpha value is -3.80. The van der Waals surface area contributed by atoms with E-state index >= 15 is 0 Å². The smallest absolute Gasteiger partial charge is 0.386 e. The number of carbonyl (C=O) groups is 2. The molecule has 0 unspecified atom stereocenters. The summed E-state index contributed by atoms with van der Waals surface area (Å²) in [5, 5.41) is 18.6. The Bertz CT molecular complexity index is 924. The van der Waals surface area contributed by atoms with Gasteiger partial charge >= 0.3 is 11.9 Å². The molecule has 0 aliphatic carbocycles. The van der Waals surface area contributed by atoms with E-state index in [9.17, 15) is 19.8 Å². The van der Waals surface area contributed by atoms with Crippen molar-refractivity contribution in [3.05, 3.63) is 95.6 Å². The fraction of sp³-hybridized carbons (Fsp3) is 0.167. The third-order valence-electron chi connectivity index (χ3n) is 4.00. The lowest BCUT2D eigenvalue weighted by atomic mass is 9.86. The van der Waals surface area contributed by atoms with Crippen LogP contribution >= 0.6 is 0 Å². The molecule has 6 nitrogen and oxygen atoms in total. The van der Waals surface area contributed by atoms with Crippen LogP contribution in [0, 0.1) is 0 Å². The Balaban J connectivity index is 0.000000232. The number of phenolic OH excluding ortho intramolecular Hbond substituents is 2. The van der Waals surface area contributed by atoms with Crippen molar-refractivity contribution in [1.29, 1.82) is 0 Å². The van der Waals surface area contributed by atoms with E-state index in [1.807, 2.05) is 20.8 Å². The third-order valence-corrected chi connectivity index (χ3v) is 4.00. The zero-order valence-electron chi connectivity index (χ0n) is 17.0. The zero-order chi connectivity index (χ0) is 22.1. The van der Waals surface area contributed by atoms with E-state index in [0.717, 1.165) is 5.56 Å². The molecule has 0 saturated carbocycles. The maximum absolute atomic E-state index is 11.5. The van der Waals surface area contributed by atoms with Gasteiger partial charge in [0.2, 0.25) is 0 Å². The lowest BCUT2D eigenvalue weighted by Crippen LogP contribution is -2.11. The van der Waals surface area contributed by atoms with Gasteiger partial charge in [0.25, 0.3) is 0 Å². The standard InChI is InChI=1S/C14H10O4.C10H14O2/c15-13(11-7-3-1-4-8-11)17-18-14(16)12-9-5-2-6-10-12;1-10(2,3)8-6-7(11)4-5-9(8)12/h1-10H;4-6,11-12H,1-3H3. The summed E-state index contributed by atoms with van der Waals surface area (Å²) in [6, 6.07) is 21.2. The summed E-state index contributed by atoms with van der Waals surface area (Å²) in [4.78, 5) is 31.9. The first-order valence-corrected chi connectivity index (χ1v) is 9.24. The van der Waals surface area contributed by atoms with E-state index in [4.69, 9.17) is 0 Å². The van der Waals surface area contributed by atoms with Crippen molar-refractivity contribution >= 4 is 11.9 Å². The topological polar surface area (TPSA) is 93.1 Å². The molecule has 0 aromatic heterocycles. The first kappa shape index (κ1) is 22.5. The fourth-order valence-electron chi connectivity index (χ4n) is 2.45. The second-order valence-electron chi connectivity index (χ2n) is 7.43. The van der Waals surface area contributed by atoms with Crippen molar-refractivity contribution in [2.45, 2.75) is 26.2 Å². The summed E-state index contributed by atoms with van der Waals surface area (Å²) in [6.07, 6.45) is 0. The highest BCUT2D eigenvalue weighted by atomic mass is 17.2. The van der Waals surface area contributed by atoms with Gasteiger partial charge in [-0.1, -0.05) is 57.2 Å². The van der Waals surface area contributed by atoms with Gasteiger partial charge in [-0.2, -0.15) is 0 Å². The molecule has 0 aliphatic rings. The van der Waals surface area contributed by atoms with E-state index in [2.05, 4.69) is 9.78 Å². The summed E-state index contributed by atoms with van der Waals surface area (Å²) in [6.45, 7) is 5.96. The molecule has 156 valence electrons. The SMILES string of the molecule is CC(C)(C)c1cc(O)ccc1O.O=C(OOC(=O)c1ccccc1)c1ccccc1. The number of phenols is 2. The third kappa shape index (κ3) is 6.67. The summed E-state index contributed by atoms with van der Waals surface area (Å²) in [5.74, 6) is -0.988. The molecule has 30 heavy (non-hydrogen) atoms. The molecule has 3 aromatic carbocycles.